The molecule has 102 valence electrons. The van der Waals surface area contributed by atoms with Gasteiger partial charge in [0.15, 0.2) is 0 Å². The summed E-state index contributed by atoms with van der Waals surface area (Å²) >= 11 is 7.36. The summed E-state index contributed by atoms with van der Waals surface area (Å²) in [6.07, 6.45) is 1.69. The topological polar surface area (TPSA) is 34.1 Å². The van der Waals surface area contributed by atoms with Gasteiger partial charge in [-0.15, -0.1) is 11.3 Å². The van der Waals surface area contributed by atoms with Crippen molar-refractivity contribution >= 4 is 22.9 Å². The predicted octanol–water partition coefficient (Wildman–Crippen LogP) is 3.62. The van der Waals surface area contributed by atoms with Gasteiger partial charge in [0.2, 0.25) is 0 Å². The monoisotopic (exact) mass is 296 g/mol. The maximum atomic E-state index is 5.85. The standard InChI is InChI=1S/C14H17ClN2OS/c1-2-18-10-12-6-4-3-5-11(12)7-16-9-14-17-8-13(15)19-14/h3-6,8,16H,2,7,9-10H2,1H3. The zero-order valence-corrected chi connectivity index (χ0v) is 12.4. The van der Waals surface area contributed by atoms with Crippen LogP contribution in [0.3, 0.4) is 0 Å². The Morgan fingerprint density at radius 2 is 2.05 bits per heavy atom. The summed E-state index contributed by atoms with van der Waals surface area (Å²) in [6.45, 7) is 4.95. The van der Waals surface area contributed by atoms with Gasteiger partial charge >= 0.3 is 0 Å². The molecule has 1 heterocycles. The molecule has 0 saturated carbocycles. The van der Waals surface area contributed by atoms with Gasteiger partial charge in [-0.2, -0.15) is 0 Å². The molecule has 0 atom stereocenters. The average molecular weight is 297 g/mol. The van der Waals surface area contributed by atoms with Crippen LogP contribution in [0.25, 0.3) is 0 Å². The molecule has 0 aliphatic rings. The molecule has 1 N–H and O–H groups in total. The second-order valence-corrected chi connectivity index (χ2v) is 5.81. The van der Waals surface area contributed by atoms with Crippen LogP contribution >= 0.6 is 22.9 Å². The molecular weight excluding hydrogens is 280 g/mol. The third kappa shape index (κ3) is 4.58. The molecular formula is C14H17ClN2OS. The van der Waals surface area contributed by atoms with Crippen molar-refractivity contribution in [2.45, 2.75) is 26.6 Å². The Kier molecular flexibility index (Phi) is 5.79. The van der Waals surface area contributed by atoms with Gasteiger partial charge in [0.05, 0.1) is 12.8 Å². The fraction of sp³-hybridized carbons (Fsp3) is 0.357. The molecule has 0 aliphatic heterocycles. The van der Waals surface area contributed by atoms with Crippen molar-refractivity contribution in [3.63, 3.8) is 0 Å². The molecule has 1 aromatic heterocycles. The maximum absolute atomic E-state index is 5.85. The number of hydrogen-bond acceptors (Lipinski definition) is 4. The third-order valence-electron chi connectivity index (χ3n) is 2.70. The first kappa shape index (κ1) is 14.5. The summed E-state index contributed by atoms with van der Waals surface area (Å²) in [5.41, 5.74) is 2.49. The Labute approximate surface area is 122 Å². The Morgan fingerprint density at radius 3 is 2.74 bits per heavy atom. The van der Waals surface area contributed by atoms with E-state index in [0.717, 1.165) is 29.0 Å². The van der Waals surface area contributed by atoms with E-state index in [2.05, 4.69) is 22.4 Å². The smallest absolute Gasteiger partial charge is 0.113 e. The van der Waals surface area contributed by atoms with E-state index >= 15 is 0 Å². The number of ether oxygens (including phenoxy) is 1. The molecule has 2 aromatic rings. The minimum atomic E-state index is 0.664. The fourth-order valence-electron chi connectivity index (χ4n) is 1.76. The van der Waals surface area contributed by atoms with Gasteiger partial charge in [0.25, 0.3) is 0 Å². The first-order chi connectivity index (χ1) is 9.29. The minimum absolute atomic E-state index is 0.664. The van der Waals surface area contributed by atoms with E-state index in [1.807, 2.05) is 19.1 Å². The van der Waals surface area contributed by atoms with Crippen LogP contribution in [0.4, 0.5) is 0 Å². The summed E-state index contributed by atoms with van der Waals surface area (Å²) < 4.78 is 6.20. The van der Waals surface area contributed by atoms with E-state index in [1.165, 1.54) is 22.5 Å². The molecule has 3 nitrogen and oxygen atoms in total. The van der Waals surface area contributed by atoms with Crippen molar-refractivity contribution in [1.82, 2.24) is 10.3 Å². The van der Waals surface area contributed by atoms with E-state index in [-0.39, 0.29) is 0 Å². The van der Waals surface area contributed by atoms with E-state index in [1.54, 1.807) is 6.20 Å². The predicted molar refractivity (Wildman–Crippen MR) is 79.4 cm³/mol. The van der Waals surface area contributed by atoms with Crippen LogP contribution in [-0.2, 0) is 24.4 Å². The lowest BCUT2D eigenvalue weighted by molar-refractivity contribution is 0.133. The van der Waals surface area contributed by atoms with Gasteiger partial charge in [-0.25, -0.2) is 4.98 Å². The highest BCUT2D eigenvalue weighted by Crippen LogP contribution is 2.18. The number of halogens is 1. The van der Waals surface area contributed by atoms with Crippen molar-refractivity contribution in [2.75, 3.05) is 6.61 Å². The van der Waals surface area contributed by atoms with Crippen molar-refractivity contribution < 1.29 is 4.74 Å². The Bertz CT molecular complexity index is 516. The maximum Gasteiger partial charge on any atom is 0.113 e. The Morgan fingerprint density at radius 1 is 1.26 bits per heavy atom. The second-order valence-electron chi connectivity index (χ2n) is 4.07. The number of nitrogens with one attached hydrogen (secondary N) is 1. The van der Waals surface area contributed by atoms with Crippen LogP contribution in [0, 0.1) is 0 Å². The number of benzene rings is 1. The van der Waals surface area contributed by atoms with Gasteiger partial charge in [0, 0.05) is 19.7 Å². The molecule has 5 heteroatoms. The van der Waals surface area contributed by atoms with Crippen molar-refractivity contribution in [1.29, 1.82) is 0 Å². The quantitative estimate of drug-likeness (QED) is 0.847. The summed E-state index contributed by atoms with van der Waals surface area (Å²) in [5.74, 6) is 0. The van der Waals surface area contributed by atoms with Crippen LogP contribution in [0.5, 0.6) is 0 Å². The van der Waals surface area contributed by atoms with E-state index in [4.69, 9.17) is 16.3 Å². The number of aromatic nitrogens is 1. The lowest BCUT2D eigenvalue weighted by Crippen LogP contribution is -2.14. The van der Waals surface area contributed by atoms with Crippen molar-refractivity contribution in [2.24, 2.45) is 0 Å². The average Bonchev–Trinajstić information content (AvgIpc) is 2.83. The molecule has 0 saturated heterocycles. The van der Waals surface area contributed by atoms with Crippen LogP contribution < -0.4 is 5.32 Å². The number of hydrogen-bond donors (Lipinski definition) is 1. The molecule has 1 aromatic carbocycles. The number of rotatable bonds is 7. The minimum Gasteiger partial charge on any atom is -0.377 e. The SMILES string of the molecule is CCOCc1ccccc1CNCc1ncc(Cl)s1. The van der Waals surface area contributed by atoms with Gasteiger partial charge in [-0.05, 0) is 18.1 Å². The molecule has 0 aliphatic carbocycles. The summed E-state index contributed by atoms with van der Waals surface area (Å²) in [4.78, 5) is 4.22. The number of nitrogens with zero attached hydrogens (tertiary/aromatic N) is 1. The summed E-state index contributed by atoms with van der Waals surface area (Å²) in [6, 6.07) is 8.31. The van der Waals surface area contributed by atoms with Crippen LogP contribution in [0.1, 0.15) is 23.1 Å². The molecule has 0 fully saturated rings. The van der Waals surface area contributed by atoms with Gasteiger partial charge in [-0.1, -0.05) is 35.9 Å². The Hall–Kier alpha value is -0.940. The largest absolute Gasteiger partial charge is 0.377 e. The van der Waals surface area contributed by atoms with Crippen LogP contribution in [0.2, 0.25) is 4.34 Å². The molecule has 0 spiro atoms. The molecule has 0 unspecified atom stereocenters. The van der Waals surface area contributed by atoms with Crippen molar-refractivity contribution in [3.05, 3.63) is 50.9 Å². The highest BCUT2D eigenvalue weighted by molar-refractivity contribution is 7.15. The highest BCUT2D eigenvalue weighted by atomic mass is 35.5. The lowest BCUT2D eigenvalue weighted by atomic mass is 10.1. The molecule has 0 radical (unpaired) electrons. The van der Waals surface area contributed by atoms with E-state index in [0.29, 0.717) is 6.61 Å². The summed E-state index contributed by atoms with van der Waals surface area (Å²) in [7, 11) is 0. The van der Waals surface area contributed by atoms with Gasteiger partial charge < -0.3 is 10.1 Å². The molecule has 0 amide bonds. The van der Waals surface area contributed by atoms with E-state index < -0.39 is 0 Å². The van der Waals surface area contributed by atoms with Crippen LogP contribution in [-0.4, -0.2) is 11.6 Å². The third-order valence-corrected chi connectivity index (χ3v) is 3.81. The number of thiazole rings is 1. The van der Waals surface area contributed by atoms with Gasteiger partial charge in [-0.3, -0.25) is 0 Å². The molecule has 0 bridgehead atoms. The van der Waals surface area contributed by atoms with Crippen LogP contribution in [0.15, 0.2) is 30.5 Å². The summed E-state index contributed by atoms with van der Waals surface area (Å²) in [5, 5.41) is 4.39. The molecule has 2 rings (SSSR count). The zero-order chi connectivity index (χ0) is 13.5. The normalized spacial score (nSPS) is 10.8. The molecule has 19 heavy (non-hydrogen) atoms. The zero-order valence-electron chi connectivity index (χ0n) is 10.9. The highest BCUT2D eigenvalue weighted by Gasteiger charge is 2.03. The van der Waals surface area contributed by atoms with E-state index in [9.17, 15) is 0 Å². The lowest BCUT2D eigenvalue weighted by Gasteiger charge is -2.10. The van der Waals surface area contributed by atoms with Crippen molar-refractivity contribution in [3.8, 4) is 0 Å². The first-order valence-corrected chi connectivity index (χ1v) is 7.44. The Balaban J connectivity index is 1.88. The second kappa shape index (κ2) is 7.60. The fourth-order valence-corrected chi connectivity index (χ4v) is 2.68. The van der Waals surface area contributed by atoms with Gasteiger partial charge in [0.1, 0.15) is 9.34 Å². The first-order valence-electron chi connectivity index (χ1n) is 6.25.